The number of aromatic nitrogens is 3. The van der Waals surface area contributed by atoms with Crippen molar-refractivity contribution in [1.29, 1.82) is 0 Å². The number of rotatable bonds is 10. The largest absolute Gasteiger partial charge is 0.418 e. The fourth-order valence-electron chi connectivity index (χ4n) is 4.27. The van der Waals surface area contributed by atoms with Crippen LogP contribution in [0.15, 0.2) is 72.9 Å². The summed E-state index contributed by atoms with van der Waals surface area (Å²) in [5, 5.41) is 4.80. The topological polar surface area (TPSA) is 53.9 Å². The molecule has 0 spiro atoms. The van der Waals surface area contributed by atoms with Crippen LogP contribution in [0.1, 0.15) is 30.8 Å². The Morgan fingerprint density at radius 1 is 1.08 bits per heavy atom. The molecule has 0 bridgehead atoms. The lowest BCUT2D eigenvalue weighted by Crippen LogP contribution is -2.26. The van der Waals surface area contributed by atoms with Gasteiger partial charge in [0.15, 0.2) is 0 Å². The molecule has 0 aliphatic heterocycles. The number of pyridine rings is 1. The Labute approximate surface area is 225 Å². The van der Waals surface area contributed by atoms with Gasteiger partial charge in [0, 0.05) is 35.3 Å². The Hall–Kier alpha value is -3.49. The highest BCUT2D eigenvalue weighted by Gasteiger charge is 2.34. The predicted octanol–water partition coefficient (Wildman–Crippen LogP) is 7.42. The standard InChI is InChI=1S/C29H29ClF3N5/c1-4-38(17-19(2)3)18-26-36-25-16-21(27-23(29(31,32)33)9-7-14-34-27)11-12-22(25)28(37-26)35-15-13-20-8-5-6-10-24(20)30/h5-12,14,16H,2,4,13,15,17-18H2,1,3H3,(H,35,36,37). The Bertz CT molecular complexity index is 1440. The molecule has 0 saturated carbocycles. The van der Waals surface area contributed by atoms with Gasteiger partial charge in [-0.25, -0.2) is 9.97 Å². The molecule has 0 aliphatic carbocycles. The quantitative estimate of drug-likeness (QED) is 0.213. The first kappa shape index (κ1) is 27.5. The predicted molar refractivity (Wildman–Crippen MR) is 147 cm³/mol. The molecule has 4 rings (SSSR count). The van der Waals surface area contributed by atoms with E-state index in [1.807, 2.05) is 38.1 Å². The molecule has 5 nitrogen and oxygen atoms in total. The van der Waals surface area contributed by atoms with Gasteiger partial charge in [-0.2, -0.15) is 13.2 Å². The van der Waals surface area contributed by atoms with Crippen LogP contribution in [-0.2, 0) is 19.1 Å². The molecule has 4 aromatic rings. The van der Waals surface area contributed by atoms with Crippen LogP contribution in [0.4, 0.5) is 19.0 Å². The van der Waals surface area contributed by atoms with E-state index in [9.17, 15) is 13.2 Å². The number of alkyl halides is 3. The third kappa shape index (κ3) is 6.68. The van der Waals surface area contributed by atoms with Gasteiger partial charge in [0.2, 0.25) is 0 Å². The molecule has 2 aromatic heterocycles. The summed E-state index contributed by atoms with van der Waals surface area (Å²) < 4.78 is 41.0. The van der Waals surface area contributed by atoms with Crippen molar-refractivity contribution < 1.29 is 13.2 Å². The van der Waals surface area contributed by atoms with Crippen molar-refractivity contribution in [2.24, 2.45) is 0 Å². The van der Waals surface area contributed by atoms with Gasteiger partial charge in [-0.3, -0.25) is 9.88 Å². The van der Waals surface area contributed by atoms with E-state index in [0.29, 0.717) is 59.2 Å². The van der Waals surface area contributed by atoms with E-state index >= 15 is 0 Å². The molecule has 0 aliphatic rings. The Kier molecular flexibility index (Phi) is 8.64. The van der Waals surface area contributed by atoms with Crippen LogP contribution >= 0.6 is 11.6 Å². The second-order valence-electron chi connectivity index (χ2n) is 9.15. The van der Waals surface area contributed by atoms with Gasteiger partial charge in [-0.05, 0) is 55.8 Å². The molecule has 38 heavy (non-hydrogen) atoms. The van der Waals surface area contributed by atoms with Crippen LogP contribution in [-0.4, -0.2) is 39.5 Å². The van der Waals surface area contributed by atoms with Crippen molar-refractivity contribution in [2.75, 3.05) is 25.0 Å². The van der Waals surface area contributed by atoms with Crippen molar-refractivity contribution in [3.63, 3.8) is 0 Å². The zero-order chi connectivity index (χ0) is 27.3. The van der Waals surface area contributed by atoms with Gasteiger partial charge in [0.05, 0.1) is 23.3 Å². The Balaban J connectivity index is 1.73. The number of fused-ring (bicyclic) bond motifs is 1. The van der Waals surface area contributed by atoms with Gasteiger partial charge < -0.3 is 5.32 Å². The molecule has 198 valence electrons. The summed E-state index contributed by atoms with van der Waals surface area (Å²) in [5.74, 6) is 1.18. The zero-order valence-corrected chi connectivity index (χ0v) is 22.1. The highest BCUT2D eigenvalue weighted by atomic mass is 35.5. The van der Waals surface area contributed by atoms with Gasteiger partial charge in [0.1, 0.15) is 11.6 Å². The van der Waals surface area contributed by atoms with E-state index in [1.165, 1.54) is 12.3 Å². The number of hydrogen-bond acceptors (Lipinski definition) is 5. The molecule has 0 fully saturated rings. The van der Waals surface area contributed by atoms with Crippen molar-refractivity contribution in [1.82, 2.24) is 19.9 Å². The SMILES string of the molecule is C=C(C)CN(CC)Cc1nc(NCCc2ccccc2Cl)c2ccc(-c3ncccc3C(F)(F)F)cc2n1. The Morgan fingerprint density at radius 3 is 2.58 bits per heavy atom. The van der Waals surface area contributed by atoms with Crippen LogP contribution in [0.5, 0.6) is 0 Å². The molecule has 9 heteroatoms. The Morgan fingerprint density at radius 2 is 1.87 bits per heavy atom. The number of benzene rings is 2. The molecule has 0 saturated heterocycles. The van der Waals surface area contributed by atoms with Gasteiger partial charge in [0.25, 0.3) is 0 Å². The highest BCUT2D eigenvalue weighted by molar-refractivity contribution is 6.31. The lowest BCUT2D eigenvalue weighted by Gasteiger charge is -2.20. The summed E-state index contributed by atoms with van der Waals surface area (Å²) in [5.41, 5.74) is 1.99. The molecule has 1 N–H and O–H groups in total. The second-order valence-corrected chi connectivity index (χ2v) is 9.55. The van der Waals surface area contributed by atoms with E-state index < -0.39 is 11.7 Å². The van der Waals surface area contributed by atoms with Crippen LogP contribution in [0.25, 0.3) is 22.2 Å². The summed E-state index contributed by atoms with van der Waals surface area (Å²) in [7, 11) is 0. The summed E-state index contributed by atoms with van der Waals surface area (Å²) >= 11 is 6.31. The van der Waals surface area contributed by atoms with Gasteiger partial charge in [-0.1, -0.05) is 54.9 Å². The maximum absolute atomic E-state index is 13.7. The lowest BCUT2D eigenvalue weighted by molar-refractivity contribution is -0.137. The molecular weight excluding hydrogens is 511 g/mol. The fourth-order valence-corrected chi connectivity index (χ4v) is 4.50. The third-order valence-electron chi connectivity index (χ3n) is 6.08. The molecule has 2 heterocycles. The number of nitrogens with zero attached hydrogens (tertiary/aromatic N) is 4. The van der Waals surface area contributed by atoms with Crippen molar-refractivity contribution in [2.45, 2.75) is 33.0 Å². The minimum Gasteiger partial charge on any atom is -0.369 e. The van der Waals surface area contributed by atoms with Gasteiger partial charge in [-0.15, -0.1) is 0 Å². The van der Waals surface area contributed by atoms with E-state index in [2.05, 4.69) is 21.8 Å². The number of likely N-dealkylation sites (N-methyl/N-ethyl adjacent to an activating group) is 1. The molecule has 0 radical (unpaired) electrons. The summed E-state index contributed by atoms with van der Waals surface area (Å²) in [6.07, 6.45) is -2.48. The van der Waals surface area contributed by atoms with E-state index in [1.54, 1.807) is 18.2 Å². The minimum absolute atomic E-state index is 0.132. The summed E-state index contributed by atoms with van der Waals surface area (Å²) in [6.45, 7) is 10.5. The molecule has 0 atom stereocenters. The summed E-state index contributed by atoms with van der Waals surface area (Å²) in [4.78, 5) is 15.7. The van der Waals surface area contributed by atoms with Crippen molar-refractivity contribution >= 4 is 28.3 Å². The van der Waals surface area contributed by atoms with Crippen molar-refractivity contribution in [3.05, 3.63) is 94.9 Å². The first-order valence-electron chi connectivity index (χ1n) is 12.3. The monoisotopic (exact) mass is 539 g/mol. The maximum Gasteiger partial charge on any atom is 0.418 e. The first-order valence-corrected chi connectivity index (χ1v) is 12.7. The number of anilines is 1. The lowest BCUT2D eigenvalue weighted by atomic mass is 10.0. The van der Waals surface area contributed by atoms with Crippen molar-refractivity contribution in [3.8, 4) is 11.3 Å². The fraction of sp³-hybridized carbons (Fsp3) is 0.276. The average Bonchev–Trinajstić information content (AvgIpc) is 2.88. The van der Waals surface area contributed by atoms with Gasteiger partial charge >= 0.3 is 6.18 Å². The summed E-state index contributed by atoms with van der Waals surface area (Å²) in [6, 6.07) is 15.0. The number of halogens is 4. The molecule has 0 amide bonds. The van der Waals surface area contributed by atoms with Crippen LogP contribution in [0, 0.1) is 0 Å². The van der Waals surface area contributed by atoms with Crippen LogP contribution in [0.2, 0.25) is 5.02 Å². The normalized spacial score (nSPS) is 11.8. The third-order valence-corrected chi connectivity index (χ3v) is 6.45. The van der Waals surface area contributed by atoms with Crippen LogP contribution < -0.4 is 5.32 Å². The van der Waals surface area contributed by atoms with E-state index in [-0.39, 0.29) is 5.69 Å². The molecular formula is C29H29ClF3N5. The maximum atomic E-state index is 13.7. The smallest absolute Gasteiger partial charge is 0.369 e. The second kappa shape index (κ2) is 11.9. The van der Waals surface area contributed by atoms with E-state index in [4.69, 9.17) is 21.6 Å². The zero-order valence-electron chi connectivity index (χ0n) is 21.3. The molecule has 2 aromatic carbocycles. The number of nitrogens with one attached hydrogen (secondary N) is 1. The van der Waals surface area contributed by atoms with E-state index in [0.717, 1.165) is 23.7 Å². The average molecular weight is 540 g/mol. The molecule has 0 unspecified atom stereocenters. The highest BCUT2D eigenvalue weighted by Crippen LogP contribution is 2.36. The number of hydrogen-bond donors (Lipinski definition) is 1. The minimum atomic E-state index is -4.52. The first-order chi connectivity index (χ1) is 18.2. The van der Waals surface area contributed by atoms with Crippen LogP contribution in [0.3, 0.4) is 0 Å².